The summed E-state index contributed by atoms with van der Waals surface area (Å²) in [5.41, 5.74) is 10.5. The molecule has 0 spiro atoms. The minimum absolute atomic E-state index is 0.00789. The summed E-state index contributed by atoms with van der Waals surface area (Å²) in [4.78, 5) is 20.6. The van der Waals surface area contributed by atoms with E-state index in [1.54, 1.807) is 0 Å². The maximum absolute atomic E-state index is 13.1. The highest BCUT2D eigenvalue weighted by atomic mass is 79.9. The molecule has 2 heterocycles. The van der Waals surface area contributed by atoms with Crippen LogP contribution in [0.3, 0.4) is 0 Å². The molecule has 6 heteroatoms. The SMILES string of the molecule is CCN(CC)C(=O)[C@]1(N)C=C2c3cccc4[nH]c(Br)c(c34)CC2N(C)C1. The van der Waals surface area contributed by atoms with Crippen molar-refractivity contribution in [3.63, 3.8) is 0 Å². The average Bonchev–Trinajstić information content (AvgIpc) is 2.94. The van der Waals surface area contributed by atoms with E-state index < -0.39 is 5.54 Å². The van der Waals surface area contributed by atoms with E-state index in [1.807, 2.05) is 24.8 Å². The zero-order chi connectivity index (χ0) is 18.6. The third-order valence-electron chi connectivity index (χ3n) is 5.85. The van der Waals surface area contributed by atoms with Gasteiger partial charge in [-0.3, -0.25) is 9.69 Å². The van der Waals surface area contributed by atoms with Crippen LogP contribution in [0.1, 0.15) is 25.0 Å². The first-order chi connectivity index (χ1) is 12.4. The van der Waals surface area contributed by atoms with E-state index in [9.17, 15) is 4.79 Å². The van der Waals surface area contributed by atoms with E-state index in [1.165, 1.54) is 22.1 Å². The monoisotopic (exact) mass is 416 g/mol. The van der Waals surface area contributed by atoms with Gasteiger partial charge >= 0.3 is 0 Å². The van der Waals surface area contributed by atoms with Gasteiger partial charge in [0.25, 0.3) is 0 Å². The molecule has 2 atom stereocenters. The zero-order valence-corrected chi connectivity index (χ0v) is 17.1. The lowest BCUT2D eigenvalue weighted by atomic mass is 9.77. The van der Waals surface area contributed by atoms with Crippen LogP contribution in [0.15, 0.2) is 28.9 Å². The fourth-order valence-corrected chi connectivity index (χ4v) is 5.12. The number of nitrogens with zero attached hydrogens (tertiary/aromatic N) is 2. The molecule has 0 bridgehead atoms. The standard InChI is InChI=1S/C20H25BrN4O/c1-4-25(5-2)19(26)20(22)10-14-12-7-6-8-15-17(12)13(18(21)23-15)9-16(14)24(3)11-20/h6-8,10,16,23H,4-5,9,11,22H2,1-3H3/t16?,20-/m0/s1. The number of hydrogen-bond acceptors (Lipinski definition) is 3. The van der Waals surface area contributed by atoms with Crippen LogP contribution >= 0.6 is 15.9 Å². The Morgan fingerprint density at radius 2 is 2.15 bits per heavy atom. The number of aromatic amines is 1. The van der Waals surface area contributed by atoms with Gasteiger partial charge in [-0.15, -0.1) is 0 Å². The van der Waals surface area contributed by atoms with Gasteiger partial charge in [0.05, 0.1) is 4.60 Å². The van der Waals surface area contributed by atoms with Gasteiger partial charge in [0.2, 0.25) is 5.91 Å². The van der Waals surface area contributed by atoms with Crippen molar-refractivity contribution in [1.82, 2.24) is 14.8 Å². The quantitative estimate of drug-likeness (QED) is 0.807. The van der Waals surface area contributed by atoms with E-state index in [4.69, 9.17) is 5.73 Å². The molecule has 1 aliphatic heterocycles. The first-order valence-electron chi connectivity index (χ1n) is 9.20. The number of amides is 1. The molecule has 138 valence electrons. The van der Waals surface area contributed by atoms with Crippen molar-refractivity contribution in [3.05, 3.63) is 40.0 Å². The van der Waals surface area contributed by atoms with Crippen molar-refractivity contribution in [3.8, 4) is 0 Å². The number of likely N-dealkylation sites (N-methyl/N-ethyl adjacent to an activating group) is 2. The highest BCUT2D eigenvalue weighted by Crippen LogP contribution is 2.43. The maximum atomic E-state index is 13.1. The van der Waals surface area contributed by atoms with Crippen LogP contribution in [0.2, 0.25) is 0 Å². The molecule has 26 heavy (non-hydrogen) atoms. The number of hydrogen-bond donors (Lipinski definition) is 2. The second-order valence-corrected chi connectivity index (χ2v) is 8.19. The number of aromatic nitrogens is 1. The fourth-order valence-electron chi connectivity index (χ4n) is 4.55. The van der Waals surface area contributed by atoms with Gasteiger partial charge in [-0.25, -0.2) is 0 Å². The Morgan fingerprint density at radius 1 is 1.42 bits per heavy atom. The Kier molecular flexibility index (Phi) is 4.25. The molecular weight excluding hydrogens is 392 g/mol. The maximum Gasteiger partial charge on any atom is 0.247 e. The second-order valence-electron chi connectivity index (χ2n) is 7.40. The number of fused-ring (bicyclic) bond motifs is 2. The van der Waals surface area contributed by atoms with Crippen LogP contribution in [0, 0.1) is 0 Å². The lowest BCUT2D eigenvalue weighted by molar-refractivity contribution is -0.135. The topological polar surface area (TPSA) is 65.4 Å². The summed E-state index contributed by atoms with van der Waals surface area (Å²) in [5.74, 6) is 0.00789. The Balaban J connectivity index is 1.88. The summed E-state index contributed by atoms with van der Waals surface area (Å²) in [6, 6.07) is 6.54. The number of carbonyl (C=O) groups excluding carboxylic acids is 1. The number of H-pyrrole nitrogens is 1. The van der Waals surface area contributed by atoms with Crippen LogP contribution in [-0.4, -0.2) is 59.0 Å². The average molecular weight is 417 g/mol. The minimum Gasteiger partial charge on any atom is -0.349 e. The van der Waals surface area contributed by atoms with E-state index in [2.05, 4.69) is 51.1 Å². The van der Waals surface area contributed by atoms with Crippen LogP contribution in [-0.2, 0) is 11.2 Å². The Labute approximate surface area is 162 Å². The van der Waals surface area contributed by atoms with Crippen molar-refractivity contribution >= 4 is 38.3 Å². The molecule has 0 saturated heterocycles. The zero-order valence-electron chi connectivity index (χ0n) is 15.5. The summed E-state index contributed by atoms with van der Waals surface area (Å²) >= 11 is 3.68. The van der Waals surface area contributed by atoms with Crippen molar-refractivity contribution < 1.29 is 4.79 Å². The molecule has 5 nitrogen and oxygen atoms in total. The van der Waals surface area contributed by atoms with Gasteiger partial charge in [-0.1, -0.05) is 12.1 Å². The molecule has 1 aromatic heterocycles. The molecule has 4 rings (SSSR count). The van der Waals surface area contributed by atoms with E-state index in [0.29, 0.717) is 19.6 Å². The number of nitrogens with one attached hydrogen (secondary N) is 1. The van der Waals surface area contributed by atoms with Crippen molar-refractivity contribution in [2.45, 2.75) is 31.8 Å². The molecule has 0 saturated carbocycles. The van der Waals surface area contributed by atoms with Gasteiger partial charge in [0.15, 0.2) is 0 Å². The first-order valence-corrected chi connectivity index (χ1v) is 9.99. The van der Waals surface area contributed by atoms with E-state index in [0.717, 1.165) is 16.5 Å². The summed E-state index contributed by atoms with van der Waals surface area (Å²) < 4.78 is 1.05. The normalized spacial score (nSPS) is 25.1. The van der Waals surface area contributed by atoms with Gasteiger partial charge in [0.1, 0.15) is 5.54 Å². The third kappa shape index (κ3) is 2.47. The molecule has 1 unspecified atom stereocenters. The van der Waals surface area contributed by atoms with Crippen LogP contribution in [0.5, 0.6) is 0 Å². The molecule has 3 N–H and O–H groups in total. The fraction of sp³-hybridized carbons (Fsp3) is 0.450. The second kappa shape index (κ2) is 6.22. The summed E-state index contributed by atoms with van der Waals surface area (Å²) in [6.07, 6.45) is 2.95. The van der Waals surface area contributed by atoms with Crippen LogP contribution < -0.4 is 5.73 Å². The van der Waals surface area contributed by atoms with Crippen molar-refractivity contribution in [2.24, 2.45) is 5.73 Å². The lowest BCUT2D eigenvalue weighted by Gasteiger charge is -2.44. The molecule has 2 aliphatic rings. The predicted octanol–water partition coefficient (Wildman–Crippen LogP) is 2.75. The Hall–Kier alpha value is -1.63. The first kappa shape index (κ1) is 17.8. The summed E-state index contributed by atoms with van der Waals surface area (Å²) in [5, 5.41) is 1.25. The largest absolute Gasteiger partial charge is 0.349 e. The minimum atomic E-state index is -0.986. The highest BCUT2D eigenvalue weighted by molar-refractivity contribution is 9.10. The third-order valence-corrected chi connectivity index (χ3v) is 6.52. The molecule has 1 amide bonds. The predicted molar refractivity (Wildman–Crippen MR) is 109 cm³/mol. The van der Waals surface area contributed by atoms with E-state index >= 15 is 0 Å². The molecule has 1 aliphatic carbocycles. The number of halogens is 1. The number of carbonyl (C=O) groups is 1. The van der Waals surface area contributed by atoms with Gasteiger partial charge in [-0.2, -0.15) is 0 Å². The van der Waals surface area contributed by atoms with Crippen molar-refractivity contribution in [2.75, 3.05) is 26.7 Å². The van der Waals surface area contributed by atoms with Gasteiger partial charge in [0, 0.05) is 36.6 Å². The molecule has 1 aromatic carbocycles. The summed E-state index contributed by atoms with van der Waals surface area (Å²) in [7, 11) is 2.07. The number of nitrogens with two attached hydrogens (primary N) is 1. The van der Waals surface area contributed by atoms with Gasteiger partial charge < -0.3 is 15.6 Å². The van der Waals surface area contributed by atoms with Crippen LogP contribution in [0.25, 0.3) is 16.5 Å². The summed E-state index contributed by atoms with van der Waals surface area (Å²) in [6.45, 7) is 5.88. The number of rotatable bonds is 3. The lowest BCUT2D eigenvalue weighted by Crippen LogP contribution is -2.63. The van der Waals surface area contributed by atoms with E-state index in [-0.39, 0.29) is 11.9 Å². The van der Waals surface area contributed by atoms with Crippen molar-refractivity contribution in [1.29, 1.82) is 0 Å². The van der Waals surface area contributed by atoms with Crippen LogP contribution in [0.4, 0.5) is 0 Å². The highest BCUT2D eigenvalue weighted by Gasteiger charge is 2.44. The molecular formula is C20H25BrN4O. The smallest absolute Gasteiger partial charge is 0.247 e. The molecule has 0 fully saturated rings. The Bertz CT molecular complexity index is 914. The Morgan fingerprint density at radius 3 is 2.85 bits per heavy atom. The molecule has 0 radical (unpaired) electrons. The molecule has 2 aromatic rings. The van der Waals surface area contributed by atoms with Gasteiger partial charge in [-0.05, 0) is 72.1 Å². The number of benzene rings is 1.